The van der Waals surface area contributed by atoms with E-state index < -0.39 is 56.2 Å². The highest BCUT2D eigenvalue weighted by molar-refractivity contribution is 7.92. The minimum absolute atomic E-state index is 0.0722. The number of aromatic amines is 1. The first-order valence-corrected chi connectivity index (χ1v) is 20.0. The molecule has 2 aromatic carbocycles. The van der Waals surface area contributed by atoms with E-state index >= 15 is 0 Å². The monoisotopic (exact) mass is 721 g/mol. The first kappa shape index (κ1) is 38.5. The molecule has 0 spiro atoms. The molecule has 2 aliphatic rings. The maximum atomic E-state index is 14.3. The zero-order chi connectivity index (χ0) is 37.1. The Kier molecular flexibility index (Phi) is 11.7. The number of fused-ring (bicyclic) bond motifs is 2. The number of aliphatic hydroxyl groups is 1. The molecule has 1 aliphatic heterocycles. The summed E-state index contributed by atoms with van der Waals surface area (Å²) in [6, 6.07) is 15.6. The van der Waals surface area contributed by atoms with Crippen LogP contribution in [-0.2, 0) is 25.8 Å². The Morgan fingerprint density at radius 1 is 0.941 bits per heavy atom. The minimum Gasteiger partial charge on any atom is -0.390 e. The molecule has 1 aromatic heterocycles. The fourth-order valence-electron chi connectivity index (χ4n) is 7.59. The Balaban J connectivity index is 1.42. The van der Waals surface area contributed by atoms with Crippen molar-refractivity contribution >= 4 is 38.5 Å². The van der Waals surface area contributed by atoms with Gasteiger partial charge >= 0.3 is 0 Å². The Hall–Kier alpha value is -3.74. The topological polar surface area (TPSA) is 161 Å². The first-order valence-electron chi connectivity index (χ1n) is 18.1. The van der Waals surface area contributed by atoms with Crippen LogP contribution in [0.2, 0.25) is 0 Å². The van der Waals surface area contributed by atoms with Crippen molar-refractivity contribution in [2.45, 2.75) is 108 Å². The molecule has 0 radical (unpaired) electrons. The van der Waals surface area contributed by atoms with Crippen molar-refractivity contribution in [1.82, 2.24) is 25.8 Å². The van der Waals surface area contributed by atoms with Crippen molar-refractivity contribution < 1.29 is 27.9 Å². The second kappa shape index (κ2) is 15.5. The number of β-amino-alcohol motifs (C(OH)–C–C–N with tert-alkyl or cyclic N) is 1. The zero-order valence-electron chi connectivity index (χ0n) is 30.7. The van der Waals surface area contributed by atoms with Crippen molar-refractivity contribution in [1.29, 1.82) is 0 Å². The summed E-state index contributed by atoms with van der Waals surface area (Å²) >= 11 is 0. The Morgan fingerprint density at radius 2 is 1.59 bits per heavy atom. The molecule has 3 amide bonds. The van der Waals surface area contributed by atoms with E-state index in [1.807, 2.05) is 75.4 Å². The molecule has 51 heavy (non-hydrogen) atoms. The second-order valence-electron chi connectivity index (χ2n) is 16.2. The summed E-state index contributed by atoms with van der Waals surface area (Å²) in [6.07, 6.45) is 5.34. The fraction of sp³-hybridized carbons (Fsp3) is 0.564. The first-order chi connectivity index (χ1) is 23.9. The molecule has 5 N–H and O–H groups in total. The van der Waals surface area contributed by atoms with Crippen molar-refractivity contribution in [3.05, 3.63) is 71.9 Å². The van der Waals surface area contributed by atoms with Gasteiger partial charge in [-0.15, -0.1) is 0 Å². The average Bonchev–Trinajstić information content (AvgIpc) is 3.50. The molecule has 3 aromatic rings. The molecule has 1 aliphatic carbocycles. The molecule has 0 bridgehead atoms. The van der Waals surface area contributed by atoms with Crippen LogP contribution >= 0.6 is 0 Å². The lowest BCUT2D eigenvalue weighted by Crippen LogP contribution is -2.64. The van der Waals surface area contributed by atoms with Crippen LogP contribution in [0.15, 0.2) is 60.7 Å². The second-order valence-corrected chi connectivity index (χ2v) is 18.8. The van der Waals surface area contributed by atoms with E-state index in [1.54, 1.807) is 6.07 Å². The van der Waals surface area contributed by atoms with Gasteiger partial charge in [0.25, 0.3) is 5.91 Å². The van der Waals surface area contributed by atoms with E-state index in [-0.39, 0.29) is 24.6 Å². The predicted molar refractivity (Wildman–Crippen MR) is 200 cm³/mol. The molecule has 11 nitrogen and oxygen atoms in total. The number of carbonyl (C=O) groups is 3. The number of likely N-dealkylation sites (tertiary alicyclic amines) is 1. The SMILES string of the molecule is CC(C)(C)NC(=O)[C@@H]1CC2CCCCC2CN1C[C@@H](O)[C@H](Cc1ccccc1)NC(=O)[C@@H](NC(=O)c1cc2ccccc2[nH]1)C(C)(C)S(C)(=O)=O. The third-order valence-electron chi connectivity index (χ3n) is 10.8. The lowest BCUT2D eigenvalue weighted by atomic mass is 9.72. The number of H-pyrrole nitrogens is 1. The normalized spacial score (nSPS) is 22.0. The van der Waals surface area contributed by atoms with Gasteiger partial charge in [-0.25, -0.2) is 8.42 Å². The Bertz CT molecular complexity index is 1770. The van der Waals surface area contributed by atoms with E-state index in [1.165, 1.54) is 13.8 Å². The van der Waals surface area contributed by atoms with Gasteiger partial charge in [0.2, 0.25) is 11.8 Å². The highest BCUT2D eigenvalue weighted by Gasteiger charge is 2.46. The van der Waals surface area contributed by atoms with Gasteiger partial charge in [0.05, 0.1) is 22.9 Å². The van der Waals surface area contributed by atoms with Gasteiger partial charge in [-0.1, -0.05) is 67.8 Å². The van der Waals surface area contributed by atoms with Crippen LogP contribution in [0.5, 0.6) is 0 Å². The van der Waals surface area contributed by atoms with Gasteiger partial charge in [0.1, 0.15) is 11.7 Å². The molecule has 2 unspecified atom stereocenters. The predicted octanol–water partition coefficient (Wildman–Crippen LogP) is 3.97. The molecule has 1 saturated heterocycles. The van der Waals surface area contributed by atoms with Crippen LogP contribution < -0.4 is 16.0 Å². The summed E-state index contributed by atoms with van der Waals surface area (Å²) in [7, 11) is -3.88. The zero-order valence-corrected chi connectivity index (χ0v) is 31.6. The van der Waals surface area contributed by atoms with Crippen molar-refractivity contribution in [3.63, 3.8) is 0 Å². The molecule has 2 fully saturated rings. The lowest BCUT2D eigenvalue weighted by molar-refractivity contribution is -0.133. The third kappa shape index (κ3) is 9.39. The summed E-state index contributed by atoms with van der Waals surface area (Å²) in [5.41, 5.74) is 1.34. The van der Waals surface area contributed by atoms with Gasteiger partial charge in [-0.2, -0.15) is 0 Å². The number of nitrogens with one attached hydrogen (secondary N) is 4. The van der Waals surface area contributed by atoms with E-state index in [0.717, 1.165) is 48.4 Å². The summed E-state index contributed by atoms with van der Waals surface area (Å²) in [4.78, 5) is 46.7. The Morgan fingerprint density at radius 3 is 2.24 bits per heavy atom. The molecular formula is C39H55N5O6S. The number of carbonyl (C=O) groups excluding carboxylic acids is 3. The summed E-state index contributed by atoms with van der Waals surface area (Å²) < 4.78 is 24.5. The number of hydrogen-bond donors (Lipinski definition) is 5. The van der Waals surface area contributed by atoms with E-state index in [9.17, 15) is 27.9 Å². The minimum atomic E-state index is -3.88. The number of para-hydroxylation sites is 1. The fourth-order valence-corrected chi connectivity index (χ4v) is 8.18. The molecule has 5 rings (SSSR count). The third-order valence-corrected chi connectivity index (χ3v) is 12.9. The van der Waals surface area contributed by atoms with Gasteiger partial charge in [0, 0.05) is 35.8 Å². The van der Waals surface area contributed by atoms with E-state index in [0.29, 0.717) is 24.8 Å². The van der Waals surface area contributed by atoms with Crippen LogP contribution in [0.25, 0.3) is 10.9 Å². The molecule has 12 heteroatoms. The number of sulfone groups is 1. The molecule has 1 saturated carbocycles. The molecule has 278 valence electrons. The standard InChI is InChI=1S/C39H55N5O6S/c1-38(2,3)43-36(47)32-22-26-16-10-11-18-28(26)23-44(32)24-33(45)30(20-25-14-8-7-9-15-25)41-37(48)34(39(4,5)51(6,49)50)42-35(46)31-21-27-17-12-13-19-29(27)40-31/h7-9,12-15,17,19,21,26,28,30,32-34,40,45H,10-11,16,18,20,22-24H2,1-6H3,(H,41,48)(H,42,46)(H,43,47)/t26?,28?,30-,32-,33+,34+/m0/s1. The van der Waals surface area contributed by atoms with E-state index in [4.69, 9.17) is 0 Å². The number of piperidine rings is 1. The average molecular weight is 722 g/mol. The van der Waals surface area contributed by atoms with Crippen LogP contribution in [0, 0.1) is 11.8 Å². The van der Waals surface area contributed by atoms with Crippen molar-refractivity contribution in [2.24, 2.45) is 11.8 Å². The quantitative estimate of drug-likeness (QED) is 0.189. The number of hydrogen-bond acceptors (Lipinski definition) is 7. The van der Waals surface area contributed by atoms with Crippen molar-refractivity contribution in [3.8, 4) is 0 Å². The number of benzene rings is 2. The van der Waals surface area contributed by atoms with Crippen molar-refractivity contribution in [2.75, 3.05) is 19.3 Å². The summed E-state index contributed by atoms with van der Waals surface area (Å²) in [5.74, 6) is -0.569. The highest BCUT2D eigenvalue weighted by Crippen LogP contribution is 2.39. The number of aromatic nitrogens is 1. The maximum Gasteiger partial charge on any atom is 0.268 e. The summed E-state index contributed by atoms with van der Waals surface area (Å²) in [5, 5.41) is 21.6. The number of rotatable bonds is 12. The van der Waals surface area contributed by atoms with E-state index in [2.05, 4.69) is 25.8 Å². The van der Waals surface area contributed by atoms with Gasteiger partial charge in [0.15, 0.2) is 9.84 Å². The lowest BCUT2D eigenvalue weighted by Gasteiger charge is -2.47. The molecular weight excluding hydrogens is 667 g/mol. The number of aliphatic hydroxyl groups excluding tert-OH is 1. The summed E-state index contributed by atoms with van der Waals surface area (Å²) in [6.45, 7) is 9.47. The highest BCUT2D eigenvalue weighted by atomic mass is 32.2. The van der Waals surface area contributed by atoms with Crippen LogP contribution in [0.4, 0.5) is 0 Å². The molecule has 2 heterocycles. The van der Waals surface area contributed by atoms with Crippen LogP contribution in [0.1, 0.15) is 82.8 Å². The van der Waals surface area contributed by atoms with Gasteiger partial charge < -0.3 is 26.0 Å². The molecule has 6 atom stereocenters. The van der Waals surface area contributed by atoms with Gasteiger partial charge in [-0.05, 0) is 83.4 Å². The van der Waals surface area contributed by atoms with Gasteiger partial charge in [-0.3, -0.25) is 19.3 Å². The van der Waals surface area contributed by atoms with Crippen LogP contribution in [0.3, 0.4) is 0 Å². The van der Waals surface area contributed by atoms with Crippen LogP contribution in [-0.4, -0.2) is 95.0 Å². The Labute approximate surface area is 302 Å². The maximum absolute atomic E-state index is 14.3. The number of amides is 3. The number of nitrogens with zero attached hydrogens (tertiary/aromatic N) is 1. The largest absolute Gasteiger partial charge is 0.390 e. The smallest absolute Gasteiger partial charge is 0.268 e.